The minimum Gasteiger partial charge on any atom is -0.356 e. The lowest BCUT2D eigenvalue weighted by atomic mass is 10.1. The molecule has 2 aromatic heterocycles. The Balaban J connectivity index is 1.79. The fourth-order valence-corrected chi connectivity index (χ4v) is 3.04. The van der Waals surface area contributed by atoms with Crippen molar-refractivity contribution in [2.75, 3.05) is 18.0 Å². The lowest BCUT2D eigenvalue weighted by molar-refractivity contribution is 0.574. The van der Waals surface area contributed by atoms with E-state index in [2.05, 4.69) is 20.0 Å². The van der Waals surface area contributed by atoms with Crippen molar-refractivity contribution >= 4 is 16.9 Å². The van der Waals surface area contributed by atoms with Crippen LogP contribution >= 0.6 is 0 Å². The van der Waals surface area contributed by atoms with Crippen molar-refractivity contribution in [3.8, 4) is 5.69 Å². The van der Waals surface area contributed by atoms with Gasteiger partial charge < -0.3 is 4.90 Å². The van der Waals surface area contributed by atoms with Gasteiger partial charge in [-0.25, -0.2) is 19.0 Å². The quantitative estimate of drug-likeness (QED) is 0.729. The third-order valence-corrected chi connectivity index (χ3v) is 4.37. The van der Waals surface area contributed by atoms with Crippen LogP contribution in [0.4, 0.5) is 10.2 Å². The second-order valence-electron chi connectivity index (χ2n) is 5.99. The maximum atomic E-state index is 13.8. The molecule has 1 aliphatic rings. The van der Waals surface area contributed by atoms with E-state index in [1.54, 1.807) is 24.0 Å². The van der Waals surface area contributed by atoms with E-state index in [1.165, 1.54) is 25.3 Å². The van der Waals surface area contributed by atoms with E-state index in [9.17, 15) is 4.39 Å². The van der Waals surface area contributed by atoms with Crippen LogP contribution < -0.4 is 4.90 Å². The third kappa shape index (κ3) is 2.54. The van der Waals surface area contributed by atoms with E-state index >= 15 is 0 Å². The van der Waals surface area contributed by atoms with Gasteiger partial charge in [0.25, 0.3) is 0 Å². The molecule has 3 aromatic rings. The summed E-state index contributed by atoms with van der Waals surface area (Å²) >= 11 is 0. The maximum Gasteiger partial charge on any atom is 0.186 e. The summed E-state index contributed by atoms with van der Waals surface area (Å²) in [4.78, 5) is 11.0. The van der Waals surface area contributed by atoms with Gasteiger partial charge in [0.15, 0.2) is 5.65 Å². The summed E-state index contributed by atoms with van der Waals surface area (Å²) in [5, 5.41) is 5.39. The first-order valence-electron chi connectivity index (χ1n) is 7.94. The van der Waals surface area contributed by atoms with Gasteiger partial charge in [-0.05, 0) is 43.9 Å². The molecule has 1 saturated heterocycles. The number of hydrogen-bond acceptors (Lipinski definition) is 4. The monoisotopic (exact) mass is 311 g/mol. The molecule has 0 N–H and O–H groups in total. The van der Waals surface area contributed by atoms with Crippen LogP contribution in [0.15, 0.2) is 30.7 Å². The molecule has 0 aliphatic carbocycles. The van der Waals surface area contributed by atoms with Gasteiger partial charge in [0, 0.05) is 19.3 Å². The van der Waals surface area contributed by atoms with Crippen LogP contribution in [-0.2, 0) is 0 Å². The zero-order valence-corrected chi connectivity index (χ0v) is 13.0. The van der Waals surface area contributed by atoms with Crippen LogP contribution in [0.3, 0.4) is 0 Å². The van der Waals surface area contributed by atoms with Crippen molar-refractivity contribution in [3.05, 3.63) is 42.1 Å². The van der Waals surface area contributed by atoms with Crippen LogP contribution in [0.5, 0.6) is 0 Å². The molecular weight excluding hydrogens is 293 g/mol. The number of piperidine rings is 1. The second-order valence-corrected chi connectivity index (χ2v) is 5.99. The van der Waals surface area contributed by atoms with Gasteiger partial charge in [-0.3, -0.25) is 0 Å². The van der Waals surface area contributed by atoms with Crippen LogP contribution in [-0.4, -0.2) is 32.8 Å². The molecule has 0 spiro atoms. The van der Waals surface area contributed by atoms with Crippen molar-refractivity contribution in [3.63, 3.8) is 0 Å². The van der Waals surface area contributed by atoms with E-state index in [1.807, 2.05) is 12.3 Å². The van der Waals surface area contributed by atoms with Crippen LogP contribution in [0.25, 0.3) is 16.7 Å². The van der Waals surface area contributed by atoms with Crippen molar-refractivity contribution in [2.45, 2.75) is 26.2 Å². The van der Waals surface area contributed by atoms with Crippen molar-refractivity contribution < 1.29 is 4.39 Å². The van der Waals surface area contributed by atoms with Crippen molar-refractivity contribution in [1.82, 2.24) is 19.7 Å². The largest absolute Gasteiger partial charge is 0.356 e. The third-order valence-electron chi connectivity index (χ3n) is 4.37. The molecule has 1 fully saturated rings. The molecule has 0 radical (unpaired) electrons. The molecule has 0 atom stereocenters. The molecule has 0 saturated carbocycles. The summed E-state index contributed by atoms with van der Waals surface area (Å²) in [6, 6.07) is 5.11. The van der Waals surface area contributed by atoms with E-state index in [4.69, 9.17) is 0 Å². The Morgan fingerprint density at radius 2 is 1.91 bits per heavy atom. The highest BCUT2D eigenvalue weighted by atomic mass is 19.1. The predicted molar refractivity (Wildman–Crippen MR) is 87.4 cm³/mol. The lowest BCUT2D eigenvalue weighted by Gasteiger charge is -2.27. The van der Waals surface area contributed by atoms with Crippen molar-refractivity contribution in [1.29, 1.82) is 0 Å². The number of aryl methyl sites for hydroxylation is 1. The molecule has 3 heterocycles. The van der Waals surface area contributed by atoms with Gasteiger partial charge in [-0.1, -0.05) is 6.07 Å². The highest BCUT2D eigenvalue weighted by Gasteiger charge is 2.17. The van der Waals surface area contributed by atoms with E-state index in [0.717, 1.165) is 24.3 Å². The van der Waals surface area contributed by atoms with E-state index < -0.39 is 0 Å². The number of aromatic nitrogens is 4. The molecule has 0 amide bonds. The minimum absolute atomic E-state index is 0.232. The summed E-state index contributed by atoms with van der Waals surface area (Å²) < 4.78 is 15.5. The Labute approximate surface area is 133 Å². The molecule has 6 heteroatoms. The van der Waals surface area contributed by atoms with Crippen LogP contribution in [0.2, 0.25) is 0 Å². The molecule has 1 aromatic carbocycles. The number of rotatable bonds is 2. The Kier molecular flexibility index (Phi) is 3.44. The Hall–Kier alpha value is -2.50. The van der Waals surface area contributed by atoms with Gasteiger partial charge in [-0.15, -0.1) is 5.10 Å². The fraction of sp³-hybridized carbons (Fsp3) is 0.353. The van der Waals surface area contributed by atoms with Gasteiger partial charge in [0.1, 0.15) is 18.0 Å². The molecule has 1 aliphatic heterocycles. The van der Waals surface area contributed by atoms with Crippen LogP contribution in [0.1, 0.15) is 24.8 Å². The number of anilines is 1. The number of hydrogen-bond donors (Lipinski definition) is 0. The molecule has 23 heavy (non-hydrogen) atoms. The Morgan fingerprint density at radius 3 is 2.70 bits per heavy atom. The topological polar surface area (TPSA) is 46.8 Å². The van der Waals surface area contributed by atoms with Crippen LogP contribution in [0, 0.1) is 12.7 Å². The van der Waals surface area contributed by atoms with Gasteiger partial charge in [-0.2, -0.15) is 0 Å². The number of benzene rings is 1. The normalized spacial score (nSPS) is 15.3. The minimum atomic E-state index is -0.232. The first-order valence-corrected chi connectivity index (χ1v) is 7.94. The van der Waals surface area contributed by atoms with Crippen molar-refractivity contribution in [2.24, 2.45) is 0 Å². The SMILES string of the molecule is Cc1ccc(-n2cc3c(N4CCCCC4)ncnc3n2)cc1F. The molecule has 0 unspecified atom stereocenters. The Bertz CT molecular complexity index is 851. The second kappa shape index (κ2) is 5.61. The zero-order chi connectivity index (χ0) is 15.8. The summed E-state index contributed by atoms with van der Waals surface area (Å²) in [6.07, 6.45) is 7.08. The molecule has 4 rings (SSSR count). The first kappa shape index (κ1) is 14.1. The van der Waals surface area contributed by atoms with Gasteiger partial charge in [0.2, 0.25) is 0 Å². The average Bonchev–Trinajstić information content (AvgIpc) is 3.02. The molecular formula is C17H18FN5. The van der Waals surface area contributed by atoms with E-state index in [0.29, 0.717) is 16.9 Å². The number of nitrogens with zero attached hydrogens (tertiary/aromatic N) is 5. The number of fused-ring (bicyclic) bond motifs is 1. The molecule has 118 valence electrons. The predicted octanol–water partition coefficient (Wildman–Crippen LogP) is 3.25. The summed E-state index contributed by atoms with van der Waals surface area (Å²) in [6.45, 7) is 3.77. The van der Waals surface area contributed by atoms with Gasteiger partial charge >= 0.3 is 0 Å². The Morgan fingerprint density at radius 1 is 1.09 bits per heavy atom. The fourth-order valence-electron chi connectivity index (χ4n) is 3.04. The lowest BCUT2D eigenvalue weighted by Crippen LogP contribution is -2.30. The van der Waals surface area contributed by atoms with Gasteiger partial charge in [0.05, 0.1) is 11.1 Å². The highest BCUT2D eigenvalue weighted by Crippen LogP contribution is 2.26. The maximum absolute atomic E-state index is 13.8. The standard InChI is InChI=1S/C17H18FN5/c1-12-5-6-13(9-15(12)18)23-10-14-16(21-23)19-11-20-17(14)22-7-3-2-4-8-22/h5-6,9-11H,2-4,7-8H2,1H3. The zero-order valence-electron chi connectivity index (χ0n) is 13.0. The summed E-state index contributed by atoms with van der Waals surface area (Å²) in [7, 11) is 0. The summed E-state index contributed by atoms with van der Waals surface area (Å²) in [5.74, 6) is 0.693. The smallest absolute Gasteiger partial charge is 0.186 e. The van der Waals surface area contributed by atoms with E-state index in [-0.39, 0.29) is 5.82 Å². The number of halogens is 1. The highest BCUT2D eigenvalue weighted by molar-refractivity contribution is 5.86. The average molecular weight is 311 g/mol. The molecule has 5 nitrogen and oxygen atoms in total. The molecule has 0 bridgehead atoms. The first-order chi connectivity index (χ1) is 11.2. The summed E-state index contributed by atoms with van der Waals surface area (Å²) in [5.41, 5.74) is 1.96.